The van der Waals surface area contributed by atoms with E-state index in [9.17, 15) is 0 Å². The quantitative estimate of drug-likeness (QED) is 0.598. The van der Waals surface area contributed by atoms with Crippen LogP contribution in [0.15, 0.2) is 35.3 Å². The SMILES string of the molecule is CN=C(NCC(c1ccccc1)N(C)C)NCC(C)(C)SC. The molecule has 0 amide bonds. The molecule has 0 heterocycles. The molecule has 1 aromatic rings. The number of likely N-dealkylation sites (N-methyl/N-ethyl adjacent to an activating group) is 1. The highest BCUT2D eigenvalue weighted by Crippen LogP contribution is 2.19. The molecule has 22 heavy (non-hydrogen) atoms. The highest BCUT2D eigenvalue weighted by molar-refractivity contribution is 7.99. The Hall–Kier alpha value is -1.20. The maximum Gasteiger partial charge on any atom is 0.191 e. The lowest BCUT2D eigenvalue weighted by atomic mass is 10.1. The molecule has 1 aromatic carbocycles. The Morgan fingerprint density at radius 2 is 1.86 bits per heavy atom. The van der Waals surface area contributed by atoms with E-state index in [1.54, 1.807) is 0 Å². The van der Waals surface area contributed by atoms with Gasteiger partial charge in [0, 0.05) is 24.9 Å². The maximum atomic E-state index is 4.32. The van der Waals surface area contributed by atoms with Crippen molar-refractivity contribution in [1.82, 2.24) is 15.5 Å². The van der Waals surface area contributed by atoms with Gasteiger partial charge in [0.2, 0.25) is 0 Å². The maximum absolute atomic E-state index is 4.32. The molecular weight excluding hydrogens is 292 g/mol. The zero-order valence-electron chi connectivity index (χ0n) is 14.7. The highest BCUT2D eigenvalue weighted by Gasteiger charge is 2.17. The average molecular weight is 323 g/mol. The van der Waals surface area contributed by atoms with Gasteiger partial charge in [-0.05, 0) is 39.8 Å². The van der Waals surface area contributed by atoms with Crippen molar-refractivity contribution in [2.75, 3.05) is 40.5 Å². The van der Waals surface area contributed by atoms with Crippen LogP contribution in [0.5, 0.6) is 0 Å². The minimum Gasteiger partial charge on any atom is -0.355 e. The lowest BCUT2D eigenvalue weighted by Gasteiger charge is -2.27. The van der Waals surface area contributed by atoms with Gasteiger partial charge in [-0.1, -0.05) is 30.3 Å². The Balaban J connectivity index is 2.60. The first-order valence-corrected chi connectivity index (χ1v) is 8.83. The van der Waals surface area contributed by atoms with Crippen molar-refractivity contribution >= 4 is 17.7 Å². The Morgan fingerprint density at radius 1 is 1.23 bits per heavy atom. The molecule has 1 unspecified atom stereocenters. The van der Waals surface area contributed by atoms with Gasteiger partial charge in [-0.2, -0.15) is 11.8 Å². The third-order valence-corrected chi connectivity index (χ3v) is 4.98. The molecule has 0 saturated heterocycles. The normalized spacial score (nSPS) is 14.0. The van der Waals surface area contributed by atoms with Gasteiger partial charge in [-0.15, -0.1) is 0 Å². The van der Waals surface area contributed by atoms with Crippen molar-refractivity contribution in [3.8, 4) is 0 Å². The first-order chi connectivity index (χ1) is 10.4. The largest absolute Gasteiger partial charge is 0.355 e. The molecule has 5 heteroatoms. The van der Waals surface area contributed by atoms with E-state index >= 15 is 0 Å². The molecule has 1 rings (SSSR count). The number of aliphatic imine (C=N–C) groups is 1. The molecule has 0 spiro atoms. The monoisotopic (exact) mass is 322 g/mol. The first-order valence-electron chi connectivity index (χ1n) is 7.60. The number of thioether (sulfide) groups is 1. The van der Waals surface area contributed by atoms with E-state index in [1.807, 2.05) is 18.8 Å². The molecule has 2 N–H and O–H groups in total. The summed E-state index contributed by atoms with van der Waals surface area (Å²) in [7, 11) is 6.02. The molecule has 0 aromatic heterocycles. The summed E-state index contributed by atoms with van der Waals surface area (Å²) in [6.07, 6.45) is 2.13. The Labute approximate surface area is 139 Å². The smallest absolute Gasteiger partial charge is 0.191 e. The number of hydrogen-bond donors (Lipinski definition) is 2. The van der Waals surface area contributed by atoms with Crippen LogP contribution in [0.3, 0.4) is 0 Å². The minimum absolute atomic E-state index is 0.192. The molecule has 124 valence electrons. The highest BCUT2D eigenvalue weighted by atomic mass is 32.2. The minimum atomic E-state index is 0.192. The van der Waals surface area contributed by atoms with Gasteiger partial charge in [-0.3, -0.25) is 4.99 Å². The molecule has 0 aliphatic rings. The molecule has 4 nitrogen and oxygen atoms in total. The van der Waals surface area contributed by atoms with Crippen molar-refractivity contribution in [2.24, 2.45) is 4.99 Å². The van der Waals surface area contributed by atoms with E-state index in [1.165, 1.54) is 5.56 Å². The summed E-state index contributed by atoms with van der Waals surface area (Å²) >= 11 is 1.85. The number of nitrogens with zero attached hydrogens (tertiary/aromatic N) is 2. The standard InChI is InChI=1S/C17H30N4S/c1-17(2,22-6)13-20-16(18-3)19-12-15(21(4)5)14-10-8-7-9-11-14/h7-11,15H,12-13H2,1-6H3,(H2,18,19,20). The van der Waals surface area contributed by atoms with Crippen LogP contribution in [0, 0.1) is 0 Å². The Kier molecular flexibility index (Phi) is 7.76. The molecule has 1 atom stereocenters. The van der Waals surface area contributed by atoms with Gasteiger partial charge in [-0.25, -0.2) is 0 Å². The summed E-state index contributed by atoms with van der Waals surface area (Å²) in [5.74, 6) is 0.852. The fourth-order valence-electron chi connectivity index (χ4n) is 2.06. The van der Waals surface area contributed by atoms with Crippen molar-refractivity contribution in [3.05, 3.63) is 35.9 Å². The van der Waals surface area contributed by atoms with Crippen molar-refractivity contribution in [2.45, 2.75) is 24.6 Å². The Bertz CT molecular complexity index is 457. The predicted molar refractivity (Wildman–Crippen MR) is 99.8 cm³/mol. The summed E-state index contributed by atoms with van der Waals surface area (Å²) in [5.41, 5.74) is 1.31. The van der Waals surface area contributed by atoms with Crippen LogP contribution in [0.4, 0.5) is 0 Å². The second-order valence-electron chi connectivity index (χ2n) is 6.16. The summed E-state index contributed by atoms with van der Waals surface area (Å²) < 4.78 is 0.192. The van der Waals surface area contributed by atoms with Crippen molar-refractivity contribution in [1.29, 1.82) is 0 Å². The van der Waals surface area contributed by atoms with Gasteiger partial charge in [0.15, 0.2) is 5.96 Å². The first kappa shape index (κ1) is 18.8. The predicted octanol–water partition coefficient (Wildman–Crippen LogP) is 2.60. The molecule has 0 fully saturated rings. The molecule has 0 aliphatic heterocycles. The van der Waals surface area contributed by atoms with Gasteiger partial charge in [0.25, 0.3) is 0 Å². The summed E-state index contributed by atoms with van der Waals surface area (Å²) in [6, 6.07) is 10.9. The molecule has 0 radical (unpaired) electrons. The summed E-state index contributed by atoms with van der Waals surface area (Å²) in [4.78, 5) is 6.54. The van der Waals surface area contributed by atoms with Crippen LogP contribution in [0.1, 0.15) is 25.5 Å². The summed E-state index contributed by atoms with van der Waals surface area (Å²) in [5, 5.41) is 6.84. The van der Waals surface area contributed by atoms with Crippen LogP contribution < -0.4 is 10.6 Å². The Morgan fingerprint density at radius 3 is 2.36 bits per heavy atom. The molecule has 0 bridgehead atoms. The second kappa shape index (κ2) is 9.06. The lowest BCUT2D eigenvalue weighted by Crippen LogP contribution is -2.45. The van der Waals surface area contributed by atoms with Crippen LogP contribution in [0.2, 0.25) is 0 Å². The van der Waals surface area contributed by atoms with E-state index < -0.39 is 0 Å². The number of nitrogens with one attached hydrogen (secondary N) is 2. The van der Waals surface area contributed by atoms with Gasteiger partial charge in [0.05, 0.1) is 6.04 Å². The van der Waals surface area contributed by atoms with E-state index in [2.05, 4.69) is 85.1 Å². The second-order valence-corrected chi connectivity index (χ2v) is 7.67. The third-order valence-electron chi connectivity index (χ3n) is 3.73. The van der Waals surface area contributed by atoms with E-state index in [4.69, 9.17) is 0 Å². The third kappa shape index (κ3) is 6.28. The molecule has 0 saturated carbocycles. The van der Waals surface area contributed by atoms with E-state index in [-0.39, 0.29) is 4.75 Å². The average Bonchev–Trinajstić information content (AvgIpc) is 2.51. The van der Waals surface area contributed by atoms with Crippen LogP contribution in [-0.2, 0) is 0 Å². The van der Waals surface area contributed by atoms with Gasteiger partial charge < -0.3 is 15.5 Å². The topological polar surface area (TPSA) is 39.7 Å². The number of benzene rings is 1. The number of rotatable bonds is 7. The molecular formula is C17H30N4S. The zero-order valence-corrected chi connectivity index (χ0v) is 15.5. The van der Waals surface area contributed by atoms with Gasteiger partial charge >= 0.3 is 0 Å². The van der Waals surface area contributed by atoms with E-state index in [0.717, 1.165) is 19.0 Å². The van der Waals surface area contributed by atoms with Crippen LogP contribution in [-0.4, -0.2) is 56.1 Å². The molecule has 0 aliphatic carbocycles. The fourth-order valence-corrected chi connectivity index (χ4v) is 2.27. The fraction of sp³-hybridized carbons (Fsp3) is 0.588. The van der Waals surface area contributed by atoms with Crippen LogP contribution >= 0.6 is 11.8 Å². The van der Waals surface area contributed by atoms with E-state index in [0.29, 0.717) is 6.04 Å². The van der Waals surface area contributed by atoms with Gasteiger partial charge in [0.1, 0.15) is 0 Å². The number of guanidine groups is 1. The van der Waals surface area contributed by atoms with Crippen LogP contribution in [0.25, 0.3) is 0 Å². The van der Waals surface area contributed by atoms with Crippen molar-refractivity contribution < 1.29 is 0 Å². The summed E-state index contributed by atoms with van der Waals surface area (Å²) in [6.45, 7) is 6.15. The number of hydrogen-bond acceptors (Lipinski definition) is 3. The zero-order chi connectivity index (χ0) is 16.6. The lowest BCUT2D eigenvalue weighted by molar-refractivity contribution is 0.298. The van der Waals surface area contributed by atoms with Crippen molar-refractivity contribution in [3.63, 3.8) is 0 Å².